The number of hydroxylamine groups is 2. The van der Waals surface area contributed by atoms with Crippen LogP contribution in [0.4, 0.5) is 5.82 Å². The summed E-state index contributed by atoms with van der Waals surface area (Å²) in [6.45, 7) is 2.03. The molecule has 150 valence electrons. The molecule has 4 rings (SSSR count). The van der Waals surface area contributed by atoms with Gasteiger partial charge in [0.2, 0.25) is 5.91 Å². The van der Waals surface area contributed by atoms with E-state index in [0.717, 1.165) is 42.5 Å². The molecule has 4 heterocycles. The molecule has 1 atom stereocenters. The molecule has 0 saturated carbocycles. The standard InChI is InChI=1S/C20H22N6O2S/c1-29-20-23-6-2-18(24-20)25-7-3-15(4-8-25)19(27)26-17(5-9-28-26)16-10-14(11-21)12-22-13-16/h2,6,10,12-13,15,17H,3-5,7-9H2,1H3/t17-/m0/s1. The Morgan fingerprint density at radius 2 is 2.14 bits per heavy atom. The Hall–Kier alpha value is -2.70. The van der Waals surface area contributed by atoms with Gasteiger partial charge in [-0.15, -0.1) is 0 Å². The van der Waals surface area contributed by atoms with Gasteiger partial charge in [0.25, 0.3) is 0 Å². The molecule has 2 aromatic rings. The van der Waals surface area contributed by atoms with Crippen molar-refractivity contribution in [3.8, 4) is 6.07 Å². The molecule has 0 bridgehead atoms. The monoisotopic (exact) mass is 410 g/mol. The summed E-state index contributed by atoms with van der Waals surface area (Å²) < 4.78 is 0. The SMILES string of the molecule is CSc1nccc(N2CCC(C(=O)N3OCC[C@H]3c3cncc(C#N)c3)CC2)n1. The third-order valence-electron chi connectivity index (χ3n) is 5.36. The zero-order valence-electron chi connectivity index (χ0n) is 16.2. The van der Waals surface area contributed by atoms with E-state index in [1.807, 2.05) is 12.3 Å². The van der Waals surface area contributed by atoms with E-state index >= 15 is 0 Å². The molecule has 0 radical (unpaired) electrons. The quantitative estimate of drug-likeness (QED) is 0.561. The van der Waals surface area contributed by atoms with Gasteiger partial charge in [-0.1, -0.05) is 11.8 Å². The molecule has 0 aliphatic carbocycles. The van der Waals surface area contributed by atoms with Crippen LogP contribution in [0.2, 0.25) is 0 Å². The van der Waals surface area contributed by atoms with Crippen LogP contribution in [-0.4, -0.2) is 51.9 Å². The van der Waals surface area contributed by atoms with E-state index in [9.17, 15) is 4.79 Å². The Balaban J connectivity index is 1.41. The van der Waals surface area contributed by atoms with Crippen molar-refractivity contribution < 1.29 is 9.63 Å². The van der Waals surface area contributed by atoms with Crippen LogP contribution >= 0.6 is 11.8 Å². The highest BCUT2D eigenvalue weighted by molar-refractivity contribution is 7.98. The first-order valence-corrected chi connectivity index (χ1v) is 10.8. The summed E-state index contributed by atoms with van der Waals surface area (Å²) in [5.74, 6) is 0.841. The Bertz CT molecular complexity index is 925. The molecule has 2 aromatic heterocycles. The van der Waals surface area contributed by atoms with Crippen LogP contribution in [0.15, 0.2) is 35.9 Å². The largest absolute Gasteiger partial charge is 0.356 e. The number of hydrogen-bond acceptors (Lipinski definition) is 8. The van der Waals surface area contributed by atoms with Crippen molar-refractivity contribution in [2.75, 3.05) is 30.9 Å². The highest BCUT2D eigenvalue weighted by Crippen LogP contribution is 2.34. The normalized spacial score (nSPS) is 19.9. The smallest absolute Gasteiger partial charge is 0.249 e. The highest BCUT2D eigenvalue weighted by atomic mass is 32.2. The van der Waals surface area contributed by atoms with Crippen molar-refractivity contribution in [3.05, 3.63) is 41.9 Å². The summed E-state index contributed by atoms with van der Waals surface area (Å²) in [5.41, 5.74) is 1.34. The summed E-state index contributed by atoms with van der Waals surface area (Å²) in [4.78, 5) is 33.9. The average molecular weight is 411 g/mol. The molecule has 0 spiro atoms. The van der Waals surface area contributed by atoms with Gasteiger partial charge in [0.05, 0.1) is 18.2 Å². The average Bonchev–Trinajstić information content (AvgIpc) is 3.29. The Kier molecular flexibility index (Phi) is 5.92. The number of rotatable bonds is 4. The molecule has 29 heavy (non-hydrogen) atoms. The second-order valence-corrected chi connectivity index (χ2v) is 7.86. The topological polar surface area (TPSA) is 95.2 Å². The lowest BCUT2D eigenvalue weighted by atomic mass is 9.94. The van der Waals surface area contributed by atoms with E-state index in [4.69, 9.17) is 10.1 Å². The maximum Gasteiger partial charge on any atom is 0.249 e. The number of hydrogen-bond donors (Lipinski definition) is 0. The van der Waals surface area contributed by atoms with Crippen LogP contribution in [-0.2, 0) is 9.63 Å². The molecule has 8 nitrogen and oxygen atoms in total. The first-order chi connectivity index (χ1) is 14.2. The van der Waals surface area contributed by atoms with Gasteiger partial charge in [0.15, 0.2) is 5.16 Å². The third kappa shape index (κ3) is 4.18. The van der Waals surface area contributed by atoms with Crippen molar-refractivity contribution in [2.24, 2.45) is 5.92 Å². The number of amides is 1. The molecule has 1 amide bonds. The second kappa shape index (κ2) is 8.76. The molecule has 0 N–H and O–H groups in total. The van der Waals surface area contributed by atoms with Crippen LogP contribution in [0.25, 0.3) is 0 Å². The van der Waals surface area contributed by atoms with Crippen LogP contribution in [0.3, 0.4) is 0 Å². The van der Waals surface area contributed by atoms with Crippen LogP contribution in [0.5, 0.6) is 0 Å². The number of piperidine rings is 1. The third-order valence-corrected chi connectivity index (χ3v) is 5.93. The van der Waals surface area contributed by atoms with Gasteiger partial charge >= 0.3 is 0 Å². The van der Waals surface area contributed by atoms with Gasteiger partial charge in [-0.25, -0.2) is 15.0 Å². The first-order valence-electron chi connectivity index (χ1n) is 9.62. The van der Waals surface area contributed by atoms with Crippen LogP contribution < -0.4 is 4.90 Å². The summed E-state index contributed by atoms with van der Waals surface area (Å²) in [6, 6.07) is 5.61. The molecule has 2 aliphatic rings. The van der Waals surface area contributed by atoms with E-state index in [1.165, 1.54) is 23.0 Å². The summed E-state index contributed by atoms with van der Waals surface area (Å²) in [7, 11) is 0. The minimum absolute atomic E-state index is 0.0157. The lowest BCUT2D eigenvalue weighted by Crippen LogP contribution is -2.42. The van der Waals surface area contributed by atoms with Crippen LogP contribution in [0.1, 0.15) is 36.4 Å². The van der Waals surface area contributed by atoms with Crippen molar-refractivity contribution >= 4 is 23.5 Å². The van der Waals surface area contributed by atoms with E-state index in [2.05, 4.69) is 25.9 Å². The number of aromatic nitrogens is 3. The number of nitrogens with zero attached hydrogens (tertiary/aromatic N) is 6. The molecular weight excluding hydrogens is 388 g/mol. The zero-order chi connectivity index (χ0) is 20.2. The predicted octanol–water partition coefficient (Wildman–Crippen LogP) is 2.59. The Labute approximate surface area is 173 Å². The Morgan fingerprint density at radius 3 is 2.90 bits per heavy atom. The number of nitriles is 1. The zero-order valence-corrected chi connectivity index (χ0v) is 17.0. The minimum Gasteiger partial charge on any atom is -0.356 e. The van der Waals surface area contributed by atoms with Crippen molar-refractivity contribution in [2.45, 2.75) is 30.5 Å². The summed E-state index contributed by atoms with van der Waals surface area (Å²) in [5, 5.41) is 11.4. The van der Waals surface area contributed by atoms with Gasteiger partial charge in [-0.2, -0.15) is 5.26 Å². The predicted molar refractivity (Wildman–Crippen MR) is 108 cm³/mol. The number of thioether (sulfide) groups is 1. The van der Waals surface area contributed by atoms with E-state index < -0.39 is 0 Å². The molecule has 0 aromatic carbocycles. The first kappa shape index (κ1) is 19.6. The van der Waals surface area contributed by atoms with Gasteiger partial charge in [-0.3, -0.25) is 14.6 Å². The highest BCUT2D eigenvalue weighted by Gasteiger charge is 2.37. The van der Waals surface area contributed by atoms with E-state index in [-0.39, 0.29) is 17.9 Å². The molecule has 0 unspecified atom stereocenters. The molecule has 2 aliphatic heterocycles. The summed E-state index contributed by atoms with van der Waals surface area (Å²) >= 11 is 1.52. The number of pyridine rings is 1. The fourth-order valence-electron chi connectivity index (χ4n) is 3.83. The van der Waals surface area contributed by atoms with E-state index in [0.29, 0.717) is 18.6 Å². The molecular formula is C20H22N6O2S. The summed E-state index contributed by atoms with van der Waals surface area (Å²) in [6.07, 6.45) is 9.18. The molecule has 2 saturated heterocycles. The van der Waals surface area contributed by atoms with Crippen molar-refractivity contribution in [1.82, 2.24) is 20.0 Å². The number of carbonyl (C=O) groups is 1. The molecule has 2 fully saturated rings. The van der Waals surface area contributed by atoms with Gasteiger partial charge in [-0.05, 0) is 36.8 Å². The lowest BCUT2D eigenvalue weighted by Gasteiger charge is -2.34. The maximum atomic E-state index is 13.2. The lowest BCUT2D eigenvalue weighted by molar-refractivity contribution is -0.182. The van der Waals surface area contributed by atoms with Gasteiger partial charge in [0.1, 0.15) is 11.9 Å². The number of carbonyl (C=O) groups excluding carboxylic acids is 1. The van der Waals surface area contributed by atoms with Crippen molar-refractivity contribution in [1.29, 1.82) is 5.26 Å². The molecule has 9 heteroatoms. The van der Waals surface area contributed by atoms with Crippen LogP contribution in [0, 0.1) is 17.2 Å². The Morgan fingerprint density at radius 1 is 1.31 bits per heavy atom. The fraction of sp³-hybridized carbons (Fsp3) is 0.450. The second-order valence-electron chi connectivity index (χ2n) is 7.08. The minimum atomic E-state index is -0.188. The van der Waals surface area contributed by atoms with Crippen molar-refractivity contribution in [3.63, 3.8) is 0 Å². The maximum absolute atomic E-state index is 13.2. The number of anilines is 1. The van der Waals surface area contributed by atoms with Gasteiger partial charge in [0, 0.05) is 44.0 Å². The van der Waals surface area contributed by atoms with E-state index in [1.54, 1.807) is 18.5 Å². The van der Waals surface area contributed by atoms with Gasteiger partial charge < -0.3 is 4.90 Å². The fourth-order valence-corrected chi connectivity index (χ4v) is 4.18.